The van der Waals surface area contributed by atoms with E-state index < -0.39 is 0 Å². The Balaban J connectivity index is 2.12. The zero-order valence-corrected chi connectivity index (χ0v) is 14.4. The first kappa shape index (κ1) is 16.8. The van der Waals surface area contributed by atoms with Gasteiger partial charge in [0, 0.05) is 16.6 Å². The monoisotopic (exact) mass is 308 g/mol. The average Bonchev–Trinajstić information content (AvgIpc) is 2.48. The molecule has 1 aliphatic rings. The van der Waals surface area contributed by atoms with Gasteiger partial charge in [-0.25, -0.2) is 0 Å². The Morgan fingerprint density at radius 3 is 2.57 bits per heavy atom. The molecule has 0 spiro atoms. The highest BCUT2D eigenvalue weighted by atomic mass is 35.5. The highest BCUT2D eigenvalue weighted by Gasteiger charge is 2.35. The van der Waals surface area contributed by atoms with Crippen LogP contribution in [-0.2, 0) is 6.42 Å². The number of nitrogens with one attached hydrogen (secondary N) is 1. The van der Waals surface area contributed by atoms with Gasteiger partial charge in [-0.15, -0.1) is 0 Å². The summed E-state index contributed by atoms with van der Waals surface area (Å²) in [6.07, 6.45) is 5.07. The summed E-state index contributed by atoms with van der Waals surface area (Å²) in [6, 6.07) is 8.72. The molecule has 1 aliphatic heterocycles. The van der Waals surface area contributed by atoms with Crippen LogP contribution in [0.2, 0.25) is 5.02 Å². The standard InChI is InChI=1S/C18H29ClN2/c1-4-20-17(14-15-9-8-10-16(19)13-15)18(2,3)21-11-6-5-7-12-21/h8-10,13,17,20H,4-7,11-12,14H2,1-3H3. The fourth-order valence-corrected chi connectivity index (χ4v) is 3.62. The molecule has 1 aromatic rings. The van der Waals surface area contributed by atoms with E-state index in [2.05, 4.69) is 49.2 Å². The summed E-state index contributed by atoms with van der Waals surface area (Å²) in [6.45, 7) is 10.4. The van der Waals surface area contributed by atoms with E-state index in [0.29, 0.717) is 6.04 Å². The van der Waals surface area contributed by atoms with Gasteiger partial charge < -0.3 is 5.32 Å². The number of rotatable bonds is 6. The van der Waals surface area contributed by atoms with Crippen LogP contribution in [0.25, 0.3) is 0 Å². The number of hydrogen-bond acceptors (Lipinski definition) is 2. The second-order valence-corrected chi connectivity index (χ2v) is 7.08. The summed E-state index contributed by atoms with van der Waals surface area (Å²) < 4.78 is 0. The first-order valence-electron chi connectivity index (χ1n) is 8.27. The van der Waals surface area contributed by atoms with Gasteiger partial charge in [-0.1, -0.05) is 37.1 Å². The molecule has 2 rings (SSSR count). The van der Waals surface area contributed by atoms with E-state index in [9.17, 15) is 0 Å². The summed E-state index contributed by atoms with van der Waals surface area (Å²) in [4.78, 5) is 2.66. The van der Waals surface area contributed by atoms with Crippen molar-refractivity contribution in [3.05, 3.63) is 34.9 Å². The van der Waals surface area contributed by atoms with E-state index in [-0.39, 0.29) is 5.54 Å². The Morgan fingerprint density at radius 1 is 1.24 bits per heavy atom. The lowest BCUT2D eigenvalue weighted by molar-refractivity contribution is 0.0616. The maximum atomic E-state index is 6.14. The Hall–Kier alpha value is -0.570. The molecule has 0 saturated carbocycles. The molecule has 0 radical (unpaired) electrons. The third kappa shape index (κ3) is 4.45. The molecular weight excluding hydrogens is 280 g/mol. The fourth-order valence-electron chi connectivity index (χ4n) is 3.41. The minimum atomic E-state index is 0.165. The van der Waals surface area contributed by atoms with Gasteiger partial charge in [0.05, 0.1) is 0 Å². The van der Waals surface area contributed by atoms with Gasteiger partial charge in [-0.05, 0) is 70.4 Å². The number of hydrogen-bond donors (Lipinski definition) is 1. The Kier molecular flexibility index (Phi) is 6.09. The van der Waals surface area contributed by atoms with Crippen molar-refractivity contribution in [1.82, 2.24) is 10.2 Å². The SMILES string of the molecule is CCNC(Cc1cccc(Cl)c1)C(C)(C)N1CCCCC1. The van der Waals surface area contributed by atoms with Crippen molar-refractivity contribution in [3.8, 4) is 0 Å². The van der Waals surface area contributed by atoms with Crippen LogP contribution in [0, 0.1) is 0 Å². The Bertz CT molecular complexity index is 439. The van der Waals surface area contributed by atoms with Gasteiger partial charge in [-0.3, -0.25) is 4.90 Å². The first-order chi connectivity index (χ1) is 10.0. The minimum absolute atomic E-state index is 0.165. The van der Waals surface area contributed by atoms with Crippen molar-refractivity contribution in [3.63, 3.8) is 0 Å². The number of likely N-dealkylation sites (tertiary alicyclic amines) is 1. The number of likely N-dealkylation sites (N-methyl/N-ethyl adjacent to an activating group) is 1. The van der Waals surface area contributed by atoms with Gasteiger partial charge >= 0.3 is 0 Å². The van der Waals surface area contributed by atoms with Crippen molar-refractivity contribution in [2.45, 2.75) is 58.0 Å². The van der Waals surface area contributed by atoms with Crippen LogP contribution < -0.4 is 5.32 Å². The van der Waals surface area contributed by atoms with Crippen molar-refractivity contribution >= 4 is 11.6 Å². The van der Waals surface area contributed by atoms with Gasteiger partial charge in [0.1, 0.15) is 0 Å². The molecule has 1 aromatic carbocycles. The number of benzene rings is 1. The molecule has 1 heterocycles. The topological polar surface area (TPSA) is 15.3 Å². The number of piperidine rings is 1. The van der Waals surface area contributed by atoms with Crippen molar-refractivity contribution in [2.75, 3.05) is 19.6 Å². The largest absolute Gasteiger partial charge is 0.312 e. The lowest BCUT2D eigenvalue weighted by atomic mass is 9.86. The summed E-state index contributed by atoms with van der Waals surface area (Å²) in [7, 11) is 0. The summed E-state index contributed by atoms with van der Waals surface area (Å²) in [5, 5.41) is 4.54. The molecule has 3 heteroatoms. The smallest absolute Gasteiger partial charge is 0.0408 e. The van der Waals surface area contributed by atoms with Crippen LogP contribution in [0.4, 0.5) is 0 Å². The van der Waals surface area contributed by atoms with E-state index in [1.54, 1.807) is 0 Å². The molecule has 1 atom stereocenters. The van der Waals surface area contributed by atoms with Gasteiger partial charge in [0.15, 0.2) is 0 Å². The summed E-state index contributed by atoms with van der Waals surface area (Å²) >= 11 is 6.14. The van der Waals surface area contributed by atoms with Crippen LogP contribution in [0.5, 0.6) is 0 Å². The molecular formula is C18H29ClN2. The predicted octanol–water partition coefficient (Wildman–Crippen LogP) is 4.13. The fraction of sp³-hybridized carbons (Fsp3) is 0.667. The van der Waals surface area contributed by atoms with Crippen LogP contribution in [-0.4, -0.2) is 36.1 Å². The maximum absolute atomic E-state index is 6.14. The Morgan fingerprint density at radius 2 is 1.95 bits per heavy atom. The van der Waals surface area contributed by atoms with E-state index >= 15 is 0 Å². The molecule has 21 heavy (non-hydrogen) atoms. The normalized spacial score (nSPS) is 18.7. The van der Waals surface area contributed by atoms with Gasteiger partial charge in [0.2, 0.25) is 0 Å². The zero-order valence-electron chi connectivity index (χ0n) is 13.7. The lowest BCUT2D eigenvalue weighted by Gasteiger charge is -2.46. The summed E-state index contributed by atoms with van der Waals surface area (Å²) in [5.41, 5.74) is 1.48. The first-order valence-corrected chi connectivity index (χ1v) is 8.64. The van der Waals surface area contributed by atoms with Crippen LogP contribution in [0.15, 0.2) is 24.3 Å². The van der Waals surface area contributed by atoms with Gasteiger partial charge in [0.25, 0.3) is 0 Å². The number of halogens is 1. The maximum Gasteiger partial charge on any atom is 0.0408 e. The molecule has 0 aliphatic carbocycles. The predicted molar refractivity (Wildman–Crippen MR) is 92.1 cm³/mol. The molecule has 118 valence electrons. The van der Waals surface area contributed by atoms with Gasteiger partial charge in [-0.2, -0.15) is 0 Å². The van der Waals surface area contributed by atoms with Crippen LogP contribution >= 0.6 is 11.6 Å². The highest BCUT2D eigenvalue weighted by Crippen LogP contribution is 2.26. The third-order valence-electron chi connectivity index (χ3n) is 4.80. The minimum Gasteiger partial charge on any atom is -0.312 e. The second kappa shape index (κ2) is 7.62. The molecule has 1 unspecified atom stereocenters. The van der Waals surface area contributed by atoms with E-state index in [1.165, 1.54) is 37.9 Å². The molecule has 2 nitrogen and oxygen atoms in total. The van der Waals surface area contributed by atoms with Crippen molar-refractivity contribution in [1.29, 1.82) is 0 Å². The number of nitrogens with zero attached hydrogens (tertiary/aromatic N) is 1. The van der Waals surface area contributed by atoms with Crippen molar-refractivity contribution in [2.24, 2.45) is 0 Å². The van der Waals surface area contributed by atoms with E-state index in [4.69, 9.17) is 11.6 Å². The molecule has 1 fully saturated rings. The quantitative estimate of drug-likeness (QED) is 0.850. The molecule has 1 N–H and O–H groups in total. The average molecular weight is 309 g/mol. The van der Waals surface area contributed by atoms with E-state index in [1.807, 2.05) is 6.07 Å². The van der Waals surface area contributed by atoms with Crippen LogP contribution in [0.3, 0.4) is 0 Å². The highest BCUT2D eigenvalue weighted by molar-refractivity contribution is 6.30. The van der Waals surface area contributed by atoms with Crippen LogP contribution in [0.1, 0.15) is 45.6 Å². The molecule has 1 saturated heterocycles. The molecule has 0 bridgehead atoms. The third-order valence-corrected chi connectivity index (χ3v) is 5.04. The Labute approximate surface area is 134 Å². The zero-order chi connectivity index (χ0) is 15.3. The van der Waals surface area contributed by atoms with E-state index in [0.717, 1.165) is 18.0 Å². The second-order valence-electron chi connectivity index (χ2n) is 6.65. The molecule has 0 amide bonds. The lowest BCUT2D eigenvalue weighted by Crippen LogP contribution is -2.59. The summed E-state index contributed by atoms with van der Waals surface area (Å²) in [5.74, 6) is 0. The van der Waals surface area contributed by atoms with Crippen molar-refractivity contribution < 1.29 is 0 Å². The molecule has 0 aromatic heterocycles.